The van der Waals surface area contributed by atoms with Gasteiger partial charge in [0.1, 0.15) is 0 Å². The van der Waals surface area contributed by atoms with Crippen molar-refractivity contribution in [3.05, 3.63) is 34.3 Å². The van der Waals surface area contributed by atoms with Gasteiger partial charge < -0.3 is 21.3 Å². The van der Waals surface area contributed by atoms with Gasteiger partial charge in [0.25, 0.3) is 0 Å². The number of nitrogens with zero attached hydrogens (tertiary/aromatic N) is 2. The Balaban J connectivity index is 0.00000392. The maximum Gasteiger partial charge on any atom is 0.314 e. The standard InChI is InChI=1S/C20H32BrN5O.HI/c1-3-15(12-16-6-5-7-17(21)13-16)14-24-20(23-4-2)25-18-8-10-26(11-9-18)19(22)27;/h5-7,13,15,18H,3-4,8-12,14H2,1-2H3,(H2,22,27)(H2,23,24,25);1H. The van der Waals surface area contributed by atoms with Crippen LogP contribution in [-0.2, 0) is 6.42 Å². The summed E-state index contributed by atoms with van der Waals surface area (Å²) in [6.45, 7) is 7.32. The first-order valence-corrected chi connectivity index (χ1v) is 10.6. The summed E-state index contributed by atoms with van der Waals surface area (Å²) < 4.78 is 1.12. The minimum absolute atomic E-state index is 0. The summed E-state index contributed by atoms with van der Waals surface area (Å²) in [6.07, 6.45) is 3.90. The van der Waals surface area contributed by atoms with E-state index in [9.17, 15) is 4.79 Å². The zero-order valence-corrected chi connectivity index (χ0v) is 20.7. The predicted molar refractivity (Wildman–Crippen MR) is 130 cm³/mol. The summed E-state index contributed by atoms with van der Waals surface area (Å²) in [4.78, 5) is 17.8. The Morgan fingerprint density at radius 3 is 2.64 bits per heavy atom. The van der Waals surface area contributed by atoms with Gasteiger partial charge in [-0.25, -0.2) is 4.79 Å². The molecular formula is C20H33BrIN5O. The molecule has 0 saturated carbocycles. The average molecular weight is 566 g/mol. The largest absolute Gasteiger partial charge is 0.357 e. The first kappa shape index (κ1) is 25.0. The number of amides is 2. The zero-order chi connectivity index (χ0) is 19.6. The number of rotatable bonds is 7. The number of carbonyl (C=O) groups excluding carboxylic acids is 1. The molecule has 2 amide bonds. The third-order valence-electron chi connectivity index (χ3n) is 4.99. The summed E-state index contributed by atoms with van der Waals surface area (Å²) in [5, 5.41) is 6.86. The van der Waals surface area contributed by atoms with E-state index in [0.717, 1.165) is 49.2 Å². The van der Waals surface area contributed by atoms with E-state index >= 15 is 0 Å². The van der Waals surface area contributed by atoms with E-state index in [1.807, 2.05) is 0 Å². The van der Waals surface area contributed by atoms with Gasteiger partial charge in [-0.3, -0.25) is 4.99 Å². The lowest BCUT2D eigenvalue weighted by Gasteiger charge is -2.32. The predicted octanol–water partition coefficient (Wildman–Crippen LogP) is 3.73. The van der Waals surface area contributed by atoms with E-state index in [2.05, 4.69) is 64.7 Å². The molecule has 1 aliphatic heterocycles. The summed E-state index contributed by atoms with van der Waals surface area (Å²) in [6, 6.07) is 8.49. The molecule has 28 heavy (non-hydrogen) atoms. The Morgan fingerprint density at radius 2 is 2.07 bits per heavy atom. The average Bonchev–Trinajstić information content (AvgIpc) is 2.65. The van der Waals surface area contributed by atoms with Crippen LogP contribution in [0.1, 0.15) is 38.7 Å². The minimum atomic E-state index is -0.327. The number of likely N-dealkylation sites (tertiary alicyclic amines) is 1. The van der Waals surface area contributed by atoms with Crippen LogP contribution in [0.25, 0.3) is 0 Å². The van der Waals surface area contributed by atoms with Crippen LogP contribution >= 0.6 is 39.9 Å². The smallest absolute Gasteiger partial charge is 0.314 e. The van der Waals surface area contributed by atoms with Gasteiger partial charge in [0.2, 0.25) is 0 Å². The molecule has 2 rings (SSSR count). The molecular weight excluding hydrogens is 533 g/mol. The van der Waals surface area contributed by atoms with Crippen LogP contribution in [0.5, 0.6) is 0 Å². The number of benzene rings is 1. The van der Waals surface area contributed by atoms with Gasteiger partial charge >= 0.3 is 6.03 Å². The lowest BCUT2D eigenvalue weighted by Crippen LogP contribution is -2.50. The van der Waals surface area contributed by atoms with E-state index in [-0.39, 0.29) is 30.0 Å². The number of aliphatic imine (C=N–C) groups is 1. The number of primary amides is 1. The van der Waals surface area contributed by atoms with Crippen LogP contribution in [0.15, 0.2) is 33.7 Å². The maximum absolute atomic E-state index is 11.3. The first-order chi connectivity index (χ1) is 13.0. The third kappa shape index (κ3) is 8.55. The molecule has 1 saturated heterocycles. The molecule has 1 heterocycles. The van der Waals surface area contributed by atoms with Crippen LogP contribution < -0.4 is 16.4 Å². The number of hydrogen-bond acceptors (Lipinski definition) is 2. The Kier molecular flexibility index (Phi) is 11.8. The Morgan fingerprint density at radius 1 is 1.36 bits per heavy atom. The molecule has 0 bridgehead atoms. The molecule has 1 aromatic rings. The van der Waals surface area contributed by atoms with Gasteiger partial charge in [-0.2, -0.15) is 0 Å². The number of piperidine rings is 1. The van der Waals surface area contributed by atoms with E-state index in [1.165, 1.54) is 5.56 Å². The molecule has 1 aliphatic rings. The van der Waals surface area contributed by atoms with E-state index in [4.69, 9.17) is 10.7 Å². The minimum Gasteiger partial charge on any atom is -0.357 e. The van der Waals surface area contributed by atoms with E-state index in [0.29, 0.717) is 25.0 Å². The molecule has 4 N–H and O–H groups in total. The van der Waals surface area contributed by atoms with Gasteiger partial charge in [-0.1, -0.05) is 41.4 Å². The summed E-state index contributed by atoms with van der Waals surface area (Å²) in [7, 11) is 0. The molecule has 0 aromatic heterocycles. The van der Waals surface area contributed by atoms with E-state index in [1.54, 1.807) is 4.90 Å². The van der Waals surface area contributed by atoms with Gasteiger partial charge in [-0.15, -0.1) is 24.0 Å². The maximum atomic E-state index is 11.3. The monoisotopic (exact) mass is 565 g/mol. The highest BCUT2D eigenvalue weighted by Crippen LogP contribution is 2.17. The molecule has 0 spiro atoms. The van der Waals surface area contributed by atoms with Gasteiger partial charge in [0, 0.05) is 36.7 Å². The number of nitrogens with two attached hydrogens (primary N) is 1. The van der Waals surface area contributed by atoms with E-state index < -0.39 is 0 Å². The Labute approximate surface area is 194 Å². The molecule has 1 atom stereocenters. The molecule has 0 radical (unpaired) electrons. The molecule has 158 valence electrons. The summed E-state index contributed by atoms with van der Waals surface area (Å²) in [5.41, 5.74) is 6.69. The summed E-state index contributed by atoms with van der Waals surface area (Å²) in [5.74, 6) is 1.37. The molecule has 0 aliphatic carbocycles. The number of carbonyl (C=O) groups is 1. The fourth-order valence-electron chi connectivity index (χ4n) is 3.31. The number of guanidine groups is 1. The summed E-state index contributed by atoms with van der Waals surface area (Å²) >= 11 is 3.55. The Hall–Kier alpha value is -1.03. The quantitative estimate of drug-likeness (QED) is 0.268. The molecule has 1 aromatic carbocycles. The molecule has 1 fully saturated rings. The number of nitrogens with one attached hydrogen (secondary N) is 2. The number of hydrogen-bond donors (Lipinski definition) is 3. The van der Waals surface area contributed by atoms with Crippen LogP contribution in [0, 0.1) is 5.92 Å². The fraction of sp³-hybridized carbons (Fsp3) is 0.600. The van der Waals surface area contributed by atoms with Crippen LogP contribution in [-0.4, -0.2) is 49.1 Å². The molecule has 8 heteroatoms. The topological polar surface area (TPSA) is 82.8 Å². The van der Waals surface area contributed by atoms with Crippen molar-refractivity contribution in [2.75, 3.05) is 26.2 Å². The number of urea groups is 1. The first-order valence-electron chi connectivity index (χ1n) is 9.85. The van der Waals surface area contributed by atoms with Crippen molar-refractivity contribution in [1.82, 2.24) is 15.5 Å². The second kappa shape index (κ2) is 13.2. The van der Waals surface area contributed by atoms with Crippen molar-refractivity contribution < 1.29 is 4.79 Å². The SMILES string of the molecule is CCNC(=NCC(CC)Cc1cccc(Br)c1)NC1CCN(C(N)=O)CC1.I. The zero-order valence-electron chi connectivity index (χ0n) is 16.8. The van der Waals surface area contributed by atoms with Crippen molar-refractivity contribution in [2.45, 2.75) is 45.6 Å². The van der Waals surface area contributed by atoms with Crippen LogP contribution in [0.4, 0.5) is 4.79 Å². The Bertz CT molecular complexity index is 635. The van der Waals surface area contributed by atoms with Crippen molar-refractivity contribution in [1.29, 1.82) is 0 Å². The fourth-order valence-corrected chi connectivity index (χ4v) is 3.76. The highest BCUT2D eigenvalue weighted by molar-refractivity contribution is 14.0. The molecule has 1 unspecified atom stereocenters. The van der Waals surface area contributed by atoms with Crippen molar-refractivity contribution >= 4 is 51.9 Å². The van der Waals surface area contributed by atoms with Gasteiger partial charge in [-0.05, 0) is 49.8 Å². The van der Waals surface area contributed by atoms with Crippen LogP contribution in [0.3, 0.4) is 0 Å². The van der Waals surface area contributed by atoms with Gasteiger partial charge in [0.15, 0.2) is 5.96 Å². The normalized spacial score (nSPS) is 16.2. The highest BCUT2D eigenvalue weighted by Gasteiger charge is 2.21. The van der Waals surface area contributed by atoms with Crippen LogP contribution in [0.2, 0.25) is 0 Å². The second-order valence-corrected chi connectivity index (χ2v) is 7.99. The second-order valence-electron chi connectivity index (χ2n) is 7.07. The van der Waals surface area contributed by atoms with Crippen molar-refractivity contribution in [3.63, 3.8) is 0 Å². The van der Waals surface area contributed by atoms with Crippen molar-refractivity contribution in [2.24, 2.45) is 16.6 Å². The molecule has 6 nitrogen and oxygen atoms in total. The number of halogens is 2. The third-order valence-corrected chi connectivity index (χ3v) is 5.48. The lowest BCUT2D eigenvalue weighted by atomic mass is 9.97. The lowest BCUT2D eigenvalue weighted by molar-refractivity contribution is 0.188. The van der Waals surface area contributed by atoms with Gasteiger partial charge in [0.05, 0.1) is 0 Å². The highest BCUT2D eigenvalue weighted by atomic mass is 127. The van der Waals surface area contributed by atoms with Crippen molar-refractivity contribution in [3.8, 4) is 0 Å².